The fourth-order valence-corrected chi connectivity index (χ4v) is 17.9. The molecule has 0 aliphatic carbocycles. The molecule has 8 saturated heterocycles. The van der Waals surface area contributed by atoms with Crippen LogP contribution < -0.4 is 19.9 Å². The number of pyridine rings is 3. The number of aliphatic hydroxyl groups excluding tert-OH is 1. The molecule has 0 bridgehead atoms. The van der Waals surface area contributed by atoms with E-state index in [1.54, 1.807) is 24.3 Å². The second-order valence-electron chi connectivity index (χ2n) is 32.2. The molecule has 107 heavy (non-hydrogen) atoms. The summed E-state index contributed by atoms with van der Waals surface area (Å²) in [4.78, 5) is 31.0. The van der Waals surface area contributed by atoms with Gasteiger partial charge in [0.1, 0.15) is 83.7 Å². The number of aliphatic hydroxyl groups is 1. The maximum atomic E-state index is 14.5. The zero-order valence-corrected chi connectivity index (χ0v) is 67.1. The molecule has 8 aromatic rings. The number of fused-ring (bicyclic) bond motifs is 6. The average molecular weight is 1580 g/mol. The number of nitrogens with one attached hydrogen (secondary N) is 1. The van der Waals surface area contributed by atoms with Crippen LogP contribution >= 0.6 is 34.8 Å². The lowest BCUT2D eigenvalue weighted by Gasteiger charge is -2.39. The van der Waals surface area contributed by atoms with Crippen molar-refractivity contribution in [3.63, 3.8) is 0 Å². The van der Waals surface area contributed by atoms with Crippen LogP contribution in [0.3, 0.4) is 0 Å². The number of nitrogens with two attached hydrogens (primary N) is 1. The van der Waals surface area contributed by atoms with E-state index in [2.05, 4.69) is 87.7 Å². The summed E-state index contributed by atoms with van der Waals surface area (Å²) < 4.78 is 113. The predicted molar refractivity (Wildman–Crippen MR) is 405 cm³/mol. The van der Waals surface area contributed by atoms with Crippen molar-refractivity contribution in [1.29, 1.82) is 0 Å². The van der Waals surface area contributed by atoms with Crippen molar-refractivity contribution < 1.29 is 74.8 Å². The maximum Gasteiger partial charge on any atom is 0.301 e. The summed E-state index contributed by atoms with van der Waals surface area (Å²) in [6.45, 7) is 29.8. The summed E-state index contributed by atoms with van der Waals surface area (Å²) in [6.07, 6.45) is 3.85. The number of nitrogen functional groups attached to an aromatic ring is 1. The SMILES string of the molecule is CC(C)(C)[Si](C)(C)O[C@@H]1CO[C@H]2[C@@H]1OC[C@H]2Oc1nc2cc(Cl)c(N)nc2n1C1CCCCO1.Cc1cccc(F)c1CCc1nc2c(cc1Cl)nc(O[C@@H]1CO[C@H]3[C@@H]1OC[C@H]3O[Si](C)(C)C(C)(C)C)n2C1CCCCO1.Cc1cccc(F)c1CCc1nc2nc(O[C@@H]3CO[C@H]4[C@@H]3OC[C@H]4O)[nH]c2cc1Cl. The molecule has 24 nitrogen and oxygen atoms in total. The lowest BCUT2D eigenvalue weighted by molar-refractivity contribution is -0.0408. The molecule has 31 heteroatoms. The third-order valence-corrected chi connectivity index (χ3v) is 32.7. The van der Waals surface area contributed by atoms with Gasteiger partial charge in [0.2, 0.25) is 0 Å². The molecule has 6 aromatic heterocycles. The molecule has 8 aliphatic rings. The van der Waals surface area contributed by atoms with Crippen LogP contribution in [0.5, 0.6) is 18.0 Å². The van der Waals surface area contributed by atoms with Crippen LogP contribution in [0.4, 0.5) is 14.6 Å². The van der Waals surface area contributed by atoms with Gasteiger partial charge in [-0.05, 0) is 167 Å². The number of nitrogens with zero attached hydrogens (tertiary/aromatic N) is 8. The number of rotatable bonds is 18. The number of aryl methyl sites for hydroxylation is 4. The Labute approximate surface area is 639 Å². The predicted octanol–water partition coefficient (Wildman–Crippen LogP) is 14.0. The Kier molecular flexibility index (Phi) is 23.1. The number of ether oxygens (including phenoxy) is 11. The molecule has 0 spiro atoms. The number of hydrogen-bond acceptors (Lipinski definition) is 21. The Morgan fingerprint density at radius 3 is 1.44 bits per heavy atom. The number of benzene rings is 2. The van der Waals surface area contributed by atoms with Crippen LogP contribution in [0.2, 0.25) is 51.3 Å². The van der Waals surface area contributed by atoms with Gasteiger partial charge in [-0.1, -0.05) is 101 Å². The standard InChI is InChI=1S/C32H43ClFN3O5Si.C23H35ClN4O5Si.C21H21ClFN3O4/c1-19-10-9-11-22(34)20(19)13-14-23-21(33)16-24-30(35-23)37(27-12-7-8-15-38-27)31(36-24)41-25-17-39-29-26(18-40-28(25)29)42-43(5,6)32(2,3)4;1-23(2,3)34(4,5)33-16-12-31-18-15(11-30-19(16)18)32-22-26-14-10-13(24)20(25)27-21(14)28(22)17-8-6-7-9-29-17;1-10-3-2-4-13(23)11(10)5-6-14-12(22)7-15-20(24-14)26-21(25-15)30-17-9-29-18-16(27)8-28-19(17)18/h9-11,16,25-29H,7-8,12-15,17-18H2,1-6H3;10,15-19H,6-9,11-12H2,1-5H3,(H2,25,27);2-4,7,16-19,27H,5-6,8-9H2,1H3,(H,24,25,26)/t25-,26-,27?,28-,29-;15-,16-,17?,18-,19-;16-,17-,18-,19-/m111/s1. The number of H-pyrrole nitrogens is 1. The largest absolute Gasteiger partial charge is 0.456 e. The highest BCUT2D eigenvalue weighted by atomic mass is 35.5. The van der Waals surface area contributed by atoms with Crippen molar-refractivity contribution >= 4 is 90.7 Å². The minimum absolute atomic E-state index is 0.0889. The van der Waals surface area contributed by atoms with Gasteiger partial charge < -0.3 is 76.8 Å². The number of aromatic amines is 1. The highest BCUT2D eigenvalue weighted by Crippen LogP contribution is 2.45. The third-order valence-electron chi connectivity index (χ3n) is 22.8. The summed E-state index contributed by atoms with van der Waals surface area (Å²) in [5.41, 5.74) is 14.1. The van der Waals surface area contributed by atoms with Crippen LogP contribution in [0.1, 0.15) is 126 Å². The van der Waals surface area contributed by atoms with Gasteiger partial charge in [-0.25, -0.2) is 23.7 Å². The van der Waals surface area contributed by atoms with Crippen LogP contribution in [0.15, 0.2) is 54.6 Å². The van der Waals surface area contributed by atoms with Crippen molar-refractivity contribution in [2.24, 2.45) is 0 Å². The second-order valence-corrected chi connectivity index (χ2v) is 42.9. The Bertz CT molecular complexity index is 4450. The Morgan fingerprint density at radius 1 is 0.523 bits per heavy atom. The Hall–Kier alpha value is -5.78. The number of anilines is 1. The smallest absolute Gasteiger partial charge is 0.301 e. The van der Waals surface area contributed by atoms with Crippen LogP contribution in [0.25, 0.3) is 33.5 Å². The topological polar surface area (TPSA) is 269 Å². The summed E-state index contributed by atoms with van der Waals surface area (Å²) in [5, 5.41) is 11.4. The molecule has 0 radical (unpaired) electrons. The average Bonchev–Trinajstić information content (AvgIpc) is 1.62. The lowest BCUT2D eigenvalue weighted by atomic mass is 10.0. The molecule has 8 fully saturated rings. The molecule has 8 aliphatic heterocycles. The van der Waals surface area contributed by atoms with Crippen molar-refractivity contribution in [1.82, 2.24) is 44.0 Å². The van der Waals surface area contributed by atoms with Gasteiger partial charge in [-0.3, -0.25) is 9.13 Å². The Morgan fingerprint density at radius 2 is 0.953 bits per heavy atom. The first-order valence-corrected chi connectivity index (χ1v) is 44.3. The number of aromatic nitrogens is 9. The number of imidazole rings is 3. The van der Waals surface area contributed by atoms with E-state index in [9.17, 15) is 13.9 Å². The van der Waals surface area contributed by atoms with Gasteiger partial charge in [0.05, 0.1) is 83.8 Å². The first kappa shape index (κ1) is 77.9. The van der Waals surface area contributed by atoms with Crippen molar-refractivity contribution in [3.05, 3.63) is 115 Å². The van der Waals surface area contributed by atoms with E-state index >= 15 is 0 Å². The summed E-state index contributed by atoms with van der Waals surface area (Å²) in [5.74, 6) is -0.178. The van der Waals surface area contributed by atoms with Crippen LogP contribution in [-0.4, -0.2) is 192 Å². The van der Waals surface area contributed by atoms with Gasteiger partial charge in [0, 0.05) is 13.2 Å². The minimum atomic E-state index is -2.00. The molecule has 2 unspecified atom stereocenters. The van der Waals surface area contributed by atoms with Gasteiger partial charge in [-0.2, -0.15) is 15.0 Å². The first-order chi connectivity index (χ1) is 51.0. The normalized spacial score (nSPS) is 27.3. The molecule has 2 aromatic carbocycles. The second kappa shape index (κ2) is 31.8. The highest BCUT2D eigenvalue weighted by molar-refractivity contribution is 6.74. The van der Waals surface area contributed by atoms with E-state index in [1.807, 2.05) is 41.2 Å². The van der Waals surface area contributed by atoms with E-state index in [-0.39, 0.29) is 120 Å². The monoisotopic (exact) mass is 1570 g/mol. The zero-order valence-electron chi connectivity index (χ0n) is 62.8. The molecule has 0 saturated carbocycles. The zero-order chi connectivity index (χ0) is 75.6. The summed E-state index contributed by atoms with van der Waals surface area (Å²) in [6, 6.07) is 16.6. The lowest BCUT2D eigenvalue weighted by Crippen LogP contribution is -2.47. The summed E-state index contributed by atoms with van der Waals surface area (Å²) in [7, 11) is -3.96. The fraction of sp³-hybridized carbons (Fsp3) is 0.605. The van der Waals surface area contributed by atoms with Gasteiger partial charge >= 0.3 is 12.0 Å². The summed E-state index contributed by atoms with van der Waals surface area (Å²) >= 11 is 19.3. The quantitative estimate of drug-likeness (QED) is 0.0674. The van der Waals surface area contributed by atoms with E-state index in [0.29, 0.717) is 155 Å². The fourth-order valence-electron chi connectivity index (χ4n) is 14.7. The van der Waals surface area contributed by atoms with Gasteiger partial charge in [0.15, 0.2) is 51.9 Å². The van der Waals surface area contributed by atoms with Gasteiger partial charge in [0.25, 0.3) is 6.01 Å². The van der Waals surface area contributed by atoms with Gasteiger partial charge in [-0.15, -0.1) is 0 Å². The molecule has 16 rings (SSSR count). The molecule has 14 heterocycles. The molecule has 4 N–H and O–H groups in total. The van der Waals surface area contributed by atoms with E-state index in [4.69, 9.17) is 116 Å². The first-order valence-electron chi connectivity index (χ1n) is 37.4. The molecule has 14 atom stereocenters. The highest BCUT2D eigenvalue weighted by Gasteiger charge is 2.55. The van der Waals surface area contributed by atoms with E-state index in [1.165, 1.54) is 12.1 Å². The minimum Gasteiger partial charge on any atom is -0.456 e. The van der Waals surface area contributed by atoms with E-state index < -0.39 is 22.7 Å². The molecule has 0 amide bonds. The van der Waals surface area contributed by atoms with Crippen molar-refractivity contribution in [2.75, 3.05) is 58.6 Å². The number of hydrogen-bond donors (Lipinski definition) is 3. The van der Waals surface area contributed by atoms with E-state index in [0.717, 1.165) is 49.7 Å². The van der Waals surface area contributed by atoms with Crippen LogP contribution in [0, 0.1) is 25.5 Å². The van der Waals surface area contributed by atoms with Crippen molar-refractivity contribution in [2.45, 2.75) is 242 Å². The maximum absolute atomic E-state index is 14.5. The van der Waals surface area contributed by atoms with Crippen molar-refractivity contribution in [3.8, 4) is 18.0 Å². The molecule has 580 valence electrons. The third kappa shape index (κ3) is 16.5. The Balaban J connectivity index is 0.000000137. The van der Waals surface area contributed by atoms with Crippen LogP contribution in [-0.2, 0) is 72.4 Å². The molecular formula is C76H99Cl3F2N10O14Si2. The number of halogens is 5. The molecular weight excluding hydrogens is 1480 g/mol.